The van der Waals surface area contributed by atoms with Gasteiger partial charge in [0, 0.05) is 19.6 Å². The van der Waals surface area contributed by atoms with Gasteiger partial charge in [-0.05, 0) is 6.07 Å². The van der Waals surface area contributed by atoms with Crippen molar-refractivity contribution in [2.45, 2.75) is 12.0 Å². The smallest absolute Gasteiger partial charge is 0.254 e. The molecule has 1 amide bonds. The highest BCUT2D eigenvalue weighted by molar-refractivity contribution is 5.94. The van der Waals surface area contributed by atoms with E-state index in [1.165, 1.54) is 0 Å². The van der Waals surface area contributed by atoms with Gasteiger partial charge in [-0.2, -0.15) is 0 Å². The Morgan fingerprint density at radius 3 is 2.60 bits per heavy atom. The van der Waals surface area contributed by atoms with Gasteiger partial charge < -0.3 is 15.2 Å². The molecule has 0 bridgehead atoms. The summed E-state index contributed by atoms with van der Waals surface area (Å²) in [4.78, 5) is 11.6. The lowest BCUT2D eigenvalue weighted by molar-refractivity contribution is 0.0264. The zero-order chi connectivity index (χ0) is 14.9. The van der Waals surface area contributed by atoms with Crippen LogP contribution in [-0.4, -0.2) is 36.4 Å². The van der Waals surface area contributed by atoms with Crippen LogP contribution in [0.15, 0.2) is 6.07 Å². The van der Waals surface area contributed by atoms with Crippen LogP contribution in [0.2, 0.25) is 0 Å². The molecule has 2 rings (SSSR count). The molecule has 0 radical (unpaired) electrons. The third kappa shape index (κ3) is 2.75. The van der Waals surface area contributed by atoms with Crippen molar-refractivity contribution in [3.63, 3.8) is 0 Å². The van der Waals surface area contributed by atoms with Crippen molar-refractivity contribution >= 4 is 5.91 Å². The number of halogens is 4. The van der Waals surface area contributed by atoms with Crippen LogP contribution in [0.5, 0.6) is 0 Å². The molecule has 0 aliphatic carbocycles. The van der Waals surface area contributed by atoms with Crippen LogP contribution in [-0.2, 0) is 4.74 Å². The number of hydrogen-bond acceptors (Lipinski definition) is 3. The van der Waals surface area contributed by atoms with E-state index in [9.17, 15) is 27.5 Å². The molecule has 110 valence electrons. The number of carbonyl (C=O) groups is 1. The number of aliphatic hydroxyl groups is 1. The van der Waals surface area contributed by atoms with Crippen LogP contribution in [0.4, 0.5) is 17.6 Å². The molecule has 4 nitrogen and oxygen atoms in total. The predicted octanol–water partition coefficient (Wildman–Crippen LogP) is 1.12. The summed E-state index contributed by atoms with van der Waals surface area (Å²) in [5.41, 5.74) is -2.27. The van der Waals surface area contributed by atoms with E-state index in [2.05, 4.69) is 5.32 Å². The maximum atomic E-state index is 13.4. The molecule has 1 heterocycles. The minimum atomic E-state index is -2.06. The van der Waals surface area contributed by atoms with Crippen molar-refractivity contribution in [3.8, 4) is 0 Å². The van der Waals surface area contributed by atoms with E-state index in [0.29, 0.717) is 6.61 Å². The van der Waals surface area contributed by atoms with Gasteiger partial charge in [0.2, 0.25) is 0 Å². The minimum absolute atomic E-state index is 0.0120. The lowest BCUT2D eigenvalue weighted by Gasteiger charge is -2.20. The van der Waals surface area contributed by atoms with Gasteiger partial charge in [0.05, 0.1) is 12.2 Å². The second-order valence-electron chi connectivity index (χ2n) is 4.56. The largest absolute Gasteiger partial charge is 0.386 e. The predicted molar refractivity (Wildman–Crippen MR) is 59.0 cm³/mol. The Balaban J connectivity index is 2.13. The van der Waals surface area contributed by atoms with Gasteiger partial charge in [0.15, 0.2) is 23.3 Å². The van der Waals surface area contributed by atoms with E-state index in [4.69, 9.17) is 4.74 Å². The molecule has 1 aliphatic rings. The number of carbonyl (C=O) groups excluding carboxylic acids is 1. The highest BCUT2D eigenvalue weighted by atomic mass is 19.2. The molecular formula is C12H11F4NO3. The van der Waals surface area contributed by atoms with Crippen LogP contribution < -0.4 is 5.32 Å². The molecule has 20 heavy (non-hydrogen) atoms. The molecule has 2 N–H and O–H groups in total. The summed E-state index contributed by atoms with van der Waals surface area (Å²) in [5, 5.41) is 12.0. The summed E-state index contributed by atoms with van der Waals surface area (Å²) in [6, 6.07) is 0.262. The Morgan fingerprint density at radius 2 is 2.00 bits per heavy atom. The summed E-state index contributed by atoms with van der Waals surface area (Å²) in [5.74, 6) is -8.64. The number of hydrogen-bond donors (Lipinski definition) is 2. The molecule has 8 heteroatoms. The van der Waals surface area contributed by atoms with Crippen molar-refractivity contribution in [1.82, 2.24) is 5.32 Å². The first-order valence-corrected chi connectivity index (χ1v) is 5.75. The van der Waals surface area contributed by atoms with Gasteiger partial charge in [0.25, 0.3) is 5.91 Å². The average molecular weight is 293 g/mol. The van der Waals surface area contributed by atoms with Crippen molar-refractivity contribution in [2.24, 2.45) is 0 Å². The van der Waals surface area contributed by atoms with E-state index in [1.807, 2.05) is 0 Å². The fourth-order valence-corrected chi connectivity index (χ4v) is 1.81. The first-order valence-electron chi connectivity index (χ1n) is 5.75. The standard InChI is InChI=1S/C12H11F4NO3/c13-7-3-6(8(14)10(16)9(7)15)11(18)17-4-12(19)1-2-20-5-12/h3,19H,1-2,4-5H2,(H,17,18). The quantitative estimate of drug-likeness (QED) is 0.499. The van der Waals surface area contributed by atoms with Gasteiger partial charge in [-0.25, -0.2) is 17.6 Å². The number of amides is 1. The Bertz CT molecular complexity index is 544. The highest BCUT2D eigenvalue weighted by Crippen LogP contribution is 2.20. The third-order valence-corrected chi connectivity index (χ3v) is 3.01. The van der Waals surface area contributed by atoms with Crippen LogP contribution in [0.1, 0.15) is 16.8 Å². The Morgan fingerprint density at radius 1 is 1.30 bits per heavy atom. The van der Waals surface area contributed by atoms with E-state index >= 15 is 0 Å². The van der Waals surface area contributed by atoms with E-state index in [0.717, 1.165) is 0 Å². The summed E-state index contributed by atoms with van der Waals surface area (Å²) in [6.07, 6.45) is 0.266. The van der Waals surface area contributed by atoms with Crippen LogP contribution in [0.3, 0.4) is 0 Å². The Kier molecular flexibility index (Phi) is 3.96. The fraction of sp³-hybridized carbons (Fsp3) is 0.417. The molecular weight excluding hydrogens is 282 g/mol. The summed E-state index contributed by atoms with van der Waals surface area (Å²) < 4.78 is 57.0. The number of nitrogens with one attached hydrogen (secondary N) is 1. The Hall–Kier alpha value is -1.67. The van der Waals surface area contributed by atoms with E-state index in [-0.39, 0.29) is 25.6 Å². The molecule has 0 aromatic heterocycles. The molecule has 1 aromatic carbocycles. The van der Waals surface area contributed by atoms with Crippen LogP contribution in [0.25, 0.3) is 0 Å². The Labute approximate surface area is 111 Å². The SMILES string of the molecule is O=C(NCC1(O)CCOC1)c1cc(F)c(F)c(F)c1F. The molecule has 1 unspecified atom stereocenters. The molecule has 0 saturated carbocycles. The zero-order valence-corrected chi connectivity index (χ0v) is 10.2. The van der Waals surface area contributed by atoms with E-state index < -0.39 is 40.3 Å². The minimum Gasteiger partial charge on any atom is -0.386 e. The van der Waals surface area contributed by atoms with Gasteiger partial charge in [0.1, 0.15) is 5.60 Å². The van der Waals surface area contributed by atoms with Crippen LogP contribution >= 0.6 is 0 Å². The van der Waals surface area contributed by atoms with Gasteiger partial charge in [-0.15, -0.1) is 0 Å². The summed E-state index contributed by atoms with van der Waals surface area (Å²) in [7, 11) is 0. The molecule has 1 atom stereocenters. The van der Waals surface area contributed by atoms with Crippen molar-refractivity contribution in [2.75, 3.05) is 19.8 Å². The van der Waals surface area contributed by atoms with Gasteiger partial charge in [-0.3, -0.25) is 4.79 Å². The summed E-state index contributed by atoms with van der Waals surface area (Å²) in [6.45, 7) is 0.0221. The average Bonchev–Trinajstić information content (AvgIpc) is 2.85. The second kappa shape index (κ2) is 5.37. The number of rotatable bonds is 3. The van der Waals surface area contributed by atoms with Gasteiger partial charge >= 0.3 is 0 Å². The number of ether oxygens (including phenoxy) is 1. The maximum absolute atomic E-state index is 13.4. The van der Waals surface area contributed by atoms with E-state index in [1.54, 1.807) is 0 Å². The van der Waals surface area contributed by atoms with Gasteiger partial charge in [-0.1, -0.05) is 0 Å². The zero-order valence-electron chi connectivity index (χ0n) is 10.2. The first kappa shape index (κ1) is 14.7. The summed E-state index contributed by atoms with van der Waals surface area (Å²) >= 11 is 0. The third-order valence-electron chi connectivity index (χ3n) is 3.01. The van der Waals surface area contributed by atoms with Crippen LogP contribution in [0, 0.1) is 23.3 Å². The normalized spacial score (nSPS) is 22.1. The topological polar surface area (TPSA) is 58.6 Å². The second-order valence-corrected chi connectivity index (χ2v) is 4.56. The van der Waals surface area contributed by atoms with Crippen molar-refractivity contribution in [1.29, 1.82) is 0 Å². The molecule has 1 aromatic rings. The lowest BCUT2D eigenvalue weighted by atomic mass is 10.0. The molecule has 1 aliphatic heterocycles. The number of benzene rings is 1. The molecule has 1 fully saturated rings. The molecule has 0 spiro atoms. The van der Waals surface area contributed by atoms with Crippen molar-refractivity contribution < 1.29 is 32.2 Å². The highest BCUT2D eigenvalue weighted by Gasteiger charge is 2.33. The lowest BCUT2D eigenvalue weighted by Crippen LogP contribution is -2.43. The fourth-order valence-electron chi connectivity index (χ4n) is 1.81. The molecule has 1 saturated heterocycles. The van der Waals surface area contributed by atoms with Crippen molar-refractivity contribution in [3.05, 3.63) is 34.9 Å². The monoisotopic (exact) mass is 293 g/mol. The first-order chi connectivity index (χ1) is 9.34. The maximum Gasteiger partial charge on any atom is 0.254 e.